The summed E-state index contributed by atoms with van der Waals surface area (Å²) >= 11 is 2.56. The van der Waals surface area contributed by atoms with Gasteiger partial charge in [0.25, 0.3) is 0 Å². The van der Waals surface area contributed by atoms with Gasteiger partial charge in [-0.25, -0.2) is 9.59 Å². The molecule has 3 aliphatic carbocycles. The second-order valence-electron chi connectivity index (χ2n) is 8.15. The molecule has 4 fully saturated rings. The molecule has 1 aliphatic heterocycles. The van der Waals surface area contributed by atoms with E-state index in [-0.39, 0.29) is 5.97 Å². The number of carbonyl (C=O) groups excluding carboxylic acids is 2. The van der Waals surface area contributed by atoms with Crippen molar-refractivity contribution < 1.29 is 19.1 Å². The summed E-state index contributed by atoms with van der Waals surface area (Å²) in [6, 6.07) is -0.496. The Bertz CT molecular complexity index is 493. The van der Waals surface area contributed by atoms with Crippen LogP contribution in [0.15, 0.2) is 0 Å². The molecule has 4 aliphatic rings. The van der Waals surface area contributed by atoms with Gasteiger partial charge < -0.3 is 9.47 Å². The minimum Gasteiger partial charge on any atom is -0.467 e. The number of methoxy groups -OCH3 is 1. The summed E-state index contributed by atoms with van der Waals surface area (Å²) in [5.41, 5.74) is -0.206. The highest BCUT2D eigenvalue weighted by molar-refractivity contribution is 14.1. The number of hydrogen-bond acceptors (Lipinski definition) is 4. The highest BCUT2D eigenvalue weighted by atomic mass is 127. The Hall–Kier alpha value is -0.530. The zero-order chi connectivity index (χ0) is 16.3. The summed E-state index contributed by atoms with van der Waals surface area (Å²) in [6.07, 6.45) is 3.98. The summed E-state index contributed by atoms with van der Waals surface area (Å²) in [5, 5.41) is 0. The molecule has 6 heteroatoms. The topological polar surface area (TPSA) is 55.8 Å². The van der Waals surface area contributed by atoms with Crippen LogP contribution in [0.25, 0.3) is 0 Å². The summed E-state index contributed by atoms with van der Waals surface area (Å²) in [4.78, 5) is 26.1. The van der Waals surface area contributed by atoms with Gasteiger partial charge in [-0.1, -0.05) is 22.6 Å². The van der Waals surface area contributed by atoms with E-state index in [2.05, 4.69) is 22.6 Å². The third kappa shape index (κ3) is 2.61. The molecular formula is C16H24INO4. The Labute approximate surface area is 145 Å². The number of carbonyl (C=O) groups is 2. The molecule has 0 radical (unpaired) electrons. The molecule has 124 valence electrons. The fraction of sp³-hybridized carbons (Fsp3) is 0.875. The van der Waals surface area contributed by atoms with Crippen LogP contribution >= 0.6 is 22.6 Å². The van der Waals surface area contributed by atoms with Crippen LogP contribution in [0.3, 0.4) is 0 Å². The summed E-state index contributed by atoms with van der Waals surface area (Å²) in [7, 11) is 1.38. The van der Waals surface area contributed by atoms with Gasteiger partial charge in [-0.3, -0.25) is 4.90 Å². The maximum atomic E-state index is 12.4. The first-order chi connectivity index (χ1) is 10.1. The largest absolute Gasteiger partial charge is 0.467 e. The standard InChI is InChI=1S/C16H24INO4/c1-14(2,3)22-13(20)18-6-10(5-11(18)12(19)21-4)15-7-16(17,8-15)9-15/h10-11H,5-9H2,1-4H3/t10?,11-,15?,16?/m0/s1. The van der Waals surface area contributed by atoms with Crippen molar-refractivity contribution in [1.82, 2.24) is 4.90 Å². The highest BCUT2D eigenvalue weighted by Crippen LogP contribution is 2.76. The minimum atomic E-state index is -0.557. The van der Waals surface area contributed by atoms with Gasteiger partial charge in [0.05, 0.1) is 7.11 Å². The Morgan fingerprint density at radius 1 is 1.23 bits per heavy atom. The molecule has 0 aromatic carbocycles. The predicted molar refractivity (Wildman–Crippen MR) is 89.9 cm³/mol. The lowest BCUT2D eigenvalue weighted by Crippen LogP contribution is -2.66. The number of hydrogen-bond donors (Lipinski definition) is 0. The van der Waals surface area contributed by atoms with Crippen molar-refractivity contribution in [3.8, 4) is 0 Å². The van der Waals surface area contributed by atoms with E-state index in [1.54, 1.807) is 4.90 Å². The highest BCUT2D eigenvalue weighted by Gasteiger charge is 2.70. The molecular weight excluding hydrogens is 397 g/mol. The Kier molecular flexibility index (Phi) is 3.70. The number of rotatable bonds is 2. The lowest BCUT2D eigenvalue weighted by atomic mass is 9.40. The van der Waals surface area contributed by atoms with Crippen LogP contribution < -0.4 is 0 Å². The van der Waals surface area contributed by atoms with Crippen LogP contribution in [0.4, 0.5) is 4.79 Å². The lowest BCUT2D eigenvalue weighted by molar-refractivity contribution is -0.146. The Morgan fingerprint density at radius 3 is 2.27 bits per heavy atom. The van der Waals surface area contributed by atoms with E-state index in [0.717, 1.165) is 0 Å². The molecule has 4 rings (SSSR count). The van der Waals surface area contributed by atoms with E-state index >= 15 is 0 Å². The molecule has 1 saturated heterocycles. The fourth-order valence-electron chi connectivity index (χ4n) is 4.33. The van der Waals surface area contributed by atoms with E-state index in [1.165, 1.54) is 26.4 Å². The van der Waals surface area contributed by atoms with Gasteiger partial charge in [-0.15, -0.1) is 0 Å². The van der Waals surface area contributed by atoms with Gasteiger partial charge in [-0.2, -0.15) is 0 Å². The van der Waals surface area contributed by atoms with E-state index in [0.29, 0.717) is 27.7 Å². The van der Waals surface area contributed by atoms with Crippen molar-refractivity contribution in [1.29, 1.82) is 0 Å². The van der Waals surface area contributed by atoms with Gasteiger partial charge in [0.15, 0.2) is 0 Å². The van der Waals surface area contributed by atoms with Crippen LogP contribution in [0.1, 0.15) is 46.5 Å². The van der Waals surface area contributed by atoms with Crippen molar-refractivity contribution in [2.45, 2.75) is 61.5 Å². The van der Waals surface area contributed by atoms with E-state index in [9.17, 15) is 9.59 Å². The maximum Gasteiger partial charge on any atom is 0.411 e. The van der Waals surface area contributed by atoms with E-state index in [1.807, 2.05) is 20.8 Å². The molecule has 3 saturated carbocycles. The smallest absolute Gasteiger partial charge is 0.411 e. The van der Waals surface area contributed by atoms with Gasteiger partial charge in [0.1, 0.15) is 11.6 Å². The van der Waals surface area contributed by atoms with Crippen LogP contribution in [0.2, 0.25) is 0 Å². The number of esters is 1. The zero-order valence-electron chi connectivity index (χ0n) is 13.6. The van der Waals surface area contributed by atoms with Crippen LogP contribution in [-0.4, -0.2) is 45.7 Å². The van der Waals surface area contributed by atoms with E-state index < -0.39 is 17.7 Å². The summed E-state index contributed by atoms with van der Waals surface area (Å²) in [6.45, 7) is 6.13. The van der Waals surface area contributed by atoms with Gasteiger partial charge in [-0.05, 0) is 57.8 Å². The number of halogens is 1. The zero-order valence-corrected chi connectivity index (χ0v) is 15.8. The summed E-state index contributed by atoms with van der Waals surface area (Å²) in [5.74, 6) is 0.0601. The third-order valence-corrected chi connectivity index (χ3v) is 6.42. The first kappa shape index (κ1) is 16.3. The maximum absolute atomic E-state index is 12.4. The molecule has 1 amide bonds. The second-order valence-corrected chi connectivity index (χ2v) is 10.4. The molecule has 0 N–H and O–H groups in total. The van der Waals surface area contributed by atoms with Crippen molar-refractivity contribution in [3.05, 3.63) is 0 Å². The summed E-state index contributed by atoms with van der Waals surface area (Å²) < 4.78 is 10.9. The monoisotopic (exact) mass is 421 g/mol. The number of ether oxygens (including phenoxy) is 2. The van der Waals surface area contributed by atoms with E-state index in [4.69, 9.17) is 9.47 Å². The molecule has 0 aromatic heterocycles. The Balaban J connectivity index is 1.72. The van der Waals surface area contributed by atoms with Crippen molar-refractivity contribution in [2.24, 2.45) is 11.3 Å². The molecule has 1 unspecified atom stereocenters. The number of likely N-dealkylation sites (tertiary alicyclic amines) is 1. The van der Waals surface area contributed by atoms with Crippen molar-refractivity contribution in [3.63, 3.8) is 0 Å². The average Bonchev–Trinajstić information content (AvgIpc) is 2.75. The Morgan fingerprint density at radius 2 is 1.82 bits per heavy atom. The van der Waals surface area contributed by atoms with Gasteiger partial charge >= 0.3 is 12.1 Å². The fourth-order valence-corrected chi connectivity index (χ4v) is 6.61. The van der Waals surface area contributed by atoms with Crippen LogP contribution in [-0.2, 0) is 14.3 Å². The minimum absolute atomic E-state index is 0.329. The molecule has 5 nitrogen and oxygen atoms in total. The SMILES string of the molecule is COC(=O)[C@@H]1CC(C23CC(I)(C2)C3)CN1C(=O)OC(C)(C)C. The first-order valence-corrected chi connectivity index (χ1v) is 8.92. The number of alkyl halides is 1. The molecule has 1 heterocycles. The average molecular weight is 421 g/mol. The van der Waals surface area contributed by atoms with Crippen molar-refractivity contribution in [2.75, 3.05) is 13.7 Å². The molecule has 2 bridgehead atoms. The quantitative estimate of drug-likeness (QED) is 0.391. The van der Waals surface area contributed by atoms with Gasteiger partial charge in [0, 0.05) is 9.97 Å². The predicted octanol–water partition coefficient (Wildman–Crippen LogP) is 3.14. The first-order valence-electron chi connectivity index (χ1n) is 7.84. The van der Waals surface area contributed by atoms with Crippen LogP contribution in [0.5, 0.6) is 0 Å². The second kappa shape index (κ2) is 4.98. The third-order valence-electron chi connectivity index (χ3n) is 5.28. The molecule has 0 aromatic rings. The van der Waals surface area contributed by atoms with Crippen molar-refractivity contribution >= 4 is 34.7 Å². The molecule has 2 atom stereocenters. The number of nitrogens with zero attached hydrogens (tertiary/aromatic N) is 1. The molecule has 22 heavy (non-hydrogen) atoms. The molecule has 0 spiro atoms. The normalized spacial score (nSPS) is 39.8. The van der Waals surface area contributed by atoms with Crippen LogP contribution in [0, 0.1) is 11.3 Å². The lowest BCUT2D eigenvalue weighted by Gasteiger charge is -2.70. The van der Waals surface area contributed by atoms with Gasteiger partial charge in [0.2, 0.25) is 0 Å². The number of amides is 1.